The van der Waals surface area contributed by atoms with Crippen LogP contribution in [0, 0.1) is 0 Å². The molecule has 110 valence electrons. The Balaban J connectivity index is 1.94. The zero-order valence-electron chi connectivity index (χ0n) is 12.2. The molecule has 0 aliphatic heterocycles. The van der Waals surface area contributed by atoms with Crippen LogP contribution in [-0.2, 0) is 14.1 Å². The van der Waals surface area contributed by atoms with Crippen LogP contribution in [0.3, 0.4) is 0 Å². The average molecular weight is 326 g/mol. The molecule has 4 aromatic rings. The molecule has 0 saturated heterocycles. The number of nitrogens with zero attached hydrogens (tertiary/aromatic N) is 4. The van der Waals surface area contributed by atoms with Gasteiger partial charge in [-0.1, -0.05) is 46.9 Å². The summed E-state index contributed by atoms with van der Waals surface area (Å²) in [5.41, 5.74) is 2.37. The number of rotatable bonds is 1. The molecule has 0 N–H and O–H groups in total. The maximum absolute atomic E-state index is 4.47. The number of aromatic nitrogens is 2. The van der Waals surface area contributed by atoms with Crippen molar-refractivity contribution in [2.24, 2.45) is 24.3 Å². The van der Waals surface area contributed by atoms with Gasteiger partial charge in [-0.2, -0.15) is 0 Å². The first-order valence-electron chi connectivity index (χ1n) is 6.91. The third-order valence-corrected chi connectivity index (χ3v) is 5.86. The fourth-order valence-electron chi connectivity index (χ4n) is 2.44. The van der Waals surface area contributed by atoms with Gasteiger partial charge in [0.15, 0.2) is 0 Å². The minimum atomic E-state index is 0.902. The first-order chi connectivity index (χ1) is 10.7. The maximum atomic E-state index is 4.47. The van der Waals surface area contributed by atoms with E-state index >= 15 is 0 Å². The number of benzene rings is 2. The largest absolute Gasteiger partial charge is 0.318 e. The molecule has 2 heterocycles. The van der Waals surface area contributed by atoms with Gasteiger partial charge >= 0.3 is 0 Å². The van der Waals surface area contributed by atoms with Crippen molar-refractivity contribution in [1.82, 2.24) is 9.13 Å². The number of para-hydroxylation sites is 2. The van der Waals surface area contributed by atoms with Crippen molar-refractivity contribution in [1.29, 1.82) is 0 Å². The summed E-state index contributed by atoms with van der Waals surface area (Å²) in [5.74, 6) is 0. The monoisotopic (exact) mass is 326 g/mol. The van der Waals surface area contributed by atoms with Crippen LogP contribution >= 0.6 is 22.7 Å². The molecule has 4 nitrogen and oxygen atoms in total. The van der Waals surface area contributed by atoms with Crippen LogP contribution < -0.4 is 9.60 Å². The van der Waals surface area contributed by atoms with Crippen LogP contribution in [0.2, 0.25) is 0 Å². The van der Waals surface area contributed by atoms with Gasteiger partial charge in [-0.15, -0.1) is 10.2 Å². The Labute approximate surface area is 134 Å². The van der Waals surface area contributed by atoms with Crippen molar-refractivity contribution < 1.29 is 0 Å². The zero-order valence-corrected chi connectivity index (χ0v) is 13.9. The first-order valence-corrected chi connectivity index (χ1v) is 8.54. The summed E-state index contributed by atoms with van der Waals surface area (Å²) in [7, 11) is 4.05. The summed E-state index contributed by atoms with van der Waals surface area (Å²) in [6, 6.07) is 16.6. The zero-order chi connectivity index (χ0) is 15.1. The van der Waals surface area contributed by atoms with E-state index < -0.39 is 0 Å². The third kappa shape index (κ3) is 2.12. The molecular formula is C16H14N4S2. The molecule has 0 amide bonds. The summed E-state index contributed by atoms with van der Waals surface area (Å²) < 4.78 is 6.60. The van der Waals surface area contributed by atoms with E-state index in [0.29, 0.717) is 0 Å². The highest BCUT2D eigenvalue weighted by Crippen LogP contribution is 2.16. The lowest BCUT2D eigenvalue weighted by Crippen LogP contribution is -2.12. The van der Waals surface area contributed by atoms with Gasteiger partial charge in [0.2, 0.25) is 9.60 Å². The molecule has 0 saturated carbocycles. The van der Waals surface area contributed by atoms with Gasteiger partial charge < -0.3 is 9.13 Å². The molecule has 0 fully saturated rings. The smallest absolute Gasteiger partial charge is 0.211 e. The lowest BCUT2D eigenvalue weighted by molar-refractivity contribution is 0.845. The van der Waals surface area contributed by atoms with E-state index in [-0.39, 0.29) is 0 Å². The van der Waals surface area contributed by atoms with Crippen LogP contribution in [0.15, 0.2) is 58.7 Å². The molecule has 0 atom stereocenters. The number of fused-ring (bicyclic) bond motifs is 2. The van der Waals surface area contributed by atoms with E-state index in [4.69, 9.17) is 0 Å². The Bertz CT molecular complexity index is 1020. The Morgan fingerprint density at radius 1 is 0.682 bits per heavy atom. The minimum absolute atomic E-state index is 0.902. The van der Waals surface area contributed by atoms with E-state index in [1.165, 1.54) is 20.4 Å². The standard InChI is InChI=1S/C16H14N4S2/c1-19-11-7-3-5-9-13(11)21-15(19)17-18-16-20(2)12-8-4-6-10-14(12)22-16/h3-10H,1-2H3. The van der Waals surface area contributed by atoms with Crippen LogP contribution in [0.5, 0.6) is 0 Å². The Morgan fingerprint density at radius 2 is 1.09 bits per heavy atom. The molecule has 0 bridgehead atoms. The van der Waals surface area contributed by atoms with Gasteiger partial charge in [0.1, 0.15) is 0 Å². The van der Waals surface area contributed by atoms with Gasteiger partial charge in [0.25, 0.3) is 0 Å². The topological polar surface area (TPSA) is 34.6 Å². The Kier molecular flexibility index (Phi) is 3.20. The molecule has 0 unspecified atom stereocenters. The van der Waals surface area contributed by atoms with Gasteiger partial charge in [-0.3, -0.25) is 0 Å². The summed E-state index contributed by atoms with van der Waals surface area (Å²) in [6.07, 6.45) is 0. The molecule has 0 spiro atoms. The summed E-state index contributed by atoms with van der Waals surface area (Å²) >= 11 is 3.31. The molecule has 2 aromatic carbocycles. The van der Waals surface area contributed by atoms with Crippen molar-refractivity contribution in [2.45, 2.75) is 0 Å². The number of thiazole rings is 2. The molecule has 22 heavy (non-hydrogen) atoms. The predicted octanol–water partition coefficient (Wildman–Crippen LogP) is 3.21. The number of hydrogen-bond donors (Lipinski definition) is 0. The normalized spacial score (nSPS) is 13.5. The molecule has 0 aliphatic rings. The fourth-order valence-corrected chi connectivity index (χ4v) is 4.38. The predicted molar refractivity (Wildman–Crippen MR) is 92.7 cm³/mol. The molecule has 4 rings (SSSR count). The third-order valence-electron chi connectivity index (χ3n) is 3.65. The van der Waals surface area contributed by atoms with Crippen molar-refractivity contribution in [3.63, 3.8) is 0 Å². The maximum Gasteiger partial charge on any atom is 0.211 e. The second-order valence-electron chi connectivity index (χ2n) is 5.02. The molecule has 6 heteroatoms. The SMILES string of the molecule is Cn1c(=NN=c2sc3ccccc3n2C)sc2ccccc21. The van der Waals surface area contributed by atoms with Crippen LogP contribution in [0.25, 0.3) is 20.4 Å². The lowest BCUT2D eigenvalue weighted by Gasteiger charge is -1.93. The summed E-state index contributed by atoms with van der Waals surface area (Å²) in [4.78, 5) is 1.80. The Morgan fingerprint density at radius 3 is 1.50 bits per heavy atom. The minimum Gasteiger partial charge on any atom is -0.318 e. The quantitative estimate of drug-likeness (QED) is 0.482. The van der Waals surface area contributed by atoms with E-state index in [0.717, 1.165) is 9.60 Å². The summed E-state index contributed by atoms with van der Waals surface area (Å²) in [6.45, 7) is 0. The molecular weight excluding hydrogens is 312 g/mol. The molecule has 0 aliphatic carbocycles. The fraction of sp³-hybridized carbons (Fsp3) is 0.125. The van der Waals surface area contributed by atoms with Crippen molar-refractivity contribution in [3.8, 4) is 0 Å². The molecule has 2 aromatic heterocycles. The van der Waals surface area contributed by atoms with Crippen molar-refractivity contribution in [3.05, 3.63) is 58.1 Å². The lowest BCUT2D eigenvalue weighted by atomic mass is 10.3. The number of aryl methyl sites for hydroxylation is 2. The van der Waals surface area contributed by atoms with Crippen LogP contribution in [-0.4, -0.2) is 9.13 Å². The summed E-state index contributed by atoms with van der Waals surface area (Å²) in [5, 5.41) is 8.93. The van der Waals surface area contributed by atoms with E-state index in [2.05, 4.69) is 43.6 Å². The first kappa shape index (κ1) is 13.5. The second-order valence-corrected chi connectivity index (χ2v) is 7.04. The highest BCUT2D eigenvalue weighted by molar-refractivity contribution is 7.16. The highest BCUT2D eigenvalue weighted by atomic mass is 32.1. The van der Waals surface area contributed by atoms with E-state index in [1.807, 2.05) is 38.4 Å². The Hall–Kier alpha value is -2.18. The van der Waals surface area contributed by atoms with Gasteiger partial charge in [-0.05, 0) is 24.3 Å². The number of hydrogen-bond acceptors (Lipinski definition) is 4. The van der Waals surface area contributed by atoms with E-state index in [1.54, 1.807) is 22.7 Å². The van der Waals surface area contributed by atoms with Crippen molar-refractivity contribution in [2.75, 3.05) is 0 Å². The van der Waals surface area contributed by atoms with Crippen LogP contribution in [0.4, 0.5) is 0 Å². The van der Waals surface area contributed by atoms with Crippen molar-refractivity contribution >= 4 is 43.1 Å². The van der Waals surface area contributed by atoms with Gasteiger partial charge in [0.05, 0.1) is 20.4 Å². The molecule has 0 radical (unpaired) electrons. The van der Waals surface area contributed by atoms with E-state index in [9.17, 15) is 0 Å². The van der Waals surface area contributed by atoms with Crippen LogP contribution in [0.1, 0.15) is 0 Å². The second kappa shape index (κ2) is 5.23. The highest BCUT2D eigenvalue weighted by Gasteiger charge is 2.02. The van der Waals surface area contributed by atoms with Gasteiger partial charge in [0, 0.05) is 14.1 Å². The van der Waals surface area contributed by atoms with Gasteiger partial charge in [-0.25, -0.2) is 0 Å². The average Bonchev–Trinajstić information content (AvgIpc) is 3.04.